The second kappa shape index (κ2) is 4.77. The zero-order valence-electron chi connectivity index (χ0n) is 6.92. The Hall–Kier alpha value is -1.15. The Labute approximate surface area is 81.5 Å². The first-order valence-corrected chi connectivity index (χ1v) is 4.25. The molecule has 0 amide bonds. The lowest BCUT2D eigenvalue weighted by Gasteiger charge is -1.97. The molecule has 3 heteroatoms. The molecule has 0 aliphatic heterocycles. The van der Waals surface area contributed by atoms with Crippen LogP contribution < -0.4 is 0 Å². The summed E-state index contributed by atoms with van der Waals surface area (Å²) in [5.74, 6) is -0.0555. The number of halogens is 1. The SMILES string of the molecule is O=[C]CCC(=O)c1ccc(Cl)cc1. The van der Waals surface area contributed by atoms with Crippen LogP contribution in [0.15, 0.2) is 24.3 Å². The van der Waals surface area contributed by atoms with Gasteiger partial charge < -0.3 is 0 Å². The minimum absolute atomic E-state index is 0.0555. The number of rotatable bonds is 4. The van der Waals surface area contributed by atoms with Crippen LogP contribution in [0, 0.1) is 0 Å². The highest BCUT2D eigenvalue weighted by molar-refractivity contribution is 6.30. The summed E-state index contributed by atoms with van der Waals surface area (Å²) in [7, 11) is 0. The molecule has 2 nitrogen and oxygen atoms in total. The number of carbonyl (C=O) groups excluding carboxylic acids is 2. The van der Waals surface area contributed by atoms with Crippen LogP contribution in [-0.2, 0) is 4.79 Å². The molecule has 0 aliphatic rings. The van der Waals surface area contributed by atoms with E-state index in [9.17, 15) is 9.59 Å². The Morgan fingerprint density at radius 1 is 1.31 bits per heavy atom. The quantitative estimate of drug-likeness (QED) is 0.692. The average molecular weight is 196 g/mol. The van der Waals surface area contributed by atoms with Gasteiger partial charge in [-0.15, -0.1) is 0 Å². The summed E-state index contributed by atoms with van der Waals surface area (Å²) in [5, 5.41) is 0.596. The van der Waals surface area contributed by atoms with Gasteiger partial charge in [0.2, 0.25) is 0 Å². The van der Waals surface area contributed by atoms with E-state index < -0.39 is 0 Å². The molecule has 0 spiro atoms. The molecule has 1 rings (SSSR count). The molecule has 0 fully saturated rings. The van der Waals surface area contributed by atoms with Gasteiger partial charge in [0, 0.05) is 23.4 Å². The first-order valence-electron chi connectivity index (χ1n) is 3.88. The third kappa shape index (κ3) is 2.99. The Morgan fingerprint density at radius 2 is 1.92 bits per heavy atom. The van der Waals surface area contributed by atoms with Crippen molar-refractivity contribution >= 4 is 23.7 Å². The van der Waals surface area contributed by atoms with Gasteiger partial charge in [-0.25, -0.2) is 0 Å². The van der Waals surface area contributed by atoms with Gasteiger partial charge in [0.05, 0.1) is 0 Å². The van der Waals surface area contributed by atoms with Gasteiger partial charge in [-0.05, 0) is 24.3 Å². The van der Waals surface area contributed by atoms with E-state index in [1.54, 1.807) is 30.6 Å². The lowest BCUT2D eigenvalue weighted by molar-refractivity contribution is 0.0984. The van der Waals surface area contributed by atoms with Crippen molar-refractivity contribution < 1.29 is 9.59 Å². The van der Waals surface area contributed by atoms with Crippen molar-refractivity contribution in [2.24, 2.45) is 0 Å². The Morgan fingerprint density at radius 3 is 2.46 bits per heavy atom. The molecule has 1 aromatic rings. The predicted octanol–water partition coefficient (Wildman–Crippen LogP) is 2.41. The van der Waals surface area contributed by atoms with Gasteiger partial charge in [-0.3, -0.25) is 9.59 Å². The Bertz CT molecular complexity index is 303. The van der Waals surface area contributed by atoms with E-state index in [1.165, 1.54) is 0 Å². The first kappa shape index (κ1) is 9.93. The van der Waals surface area contributed by atoms with E-state index >= 15 is 0 Å². The molecule has 1 aromatic carbocycles. The molecular formula is C10H8ClO2. The van der Waals surface area contributed by atoms with Crippen molar-refractivity contribution in [2.45, 2.75) is 12.8 Å². The maximum atomic E-state index is 11.3. The summed E-state index contributed by atoms with van der Waals surface area (Å²) in [6, 6.07) is 6.60. The highest BCUT2D eigenvalue weighted by atomic mass is 35.5. The van der Waals surface area contributed by atoms with Crippen molar-refractivity contribution in [3.8, 4) is 0 Å². The standard InChI is InChI=1S/C10H8ClO2/c11-9-5-3-8(4-6-9)10(13)2-1-7-12/h3-6H,1-2H2. The number of carbonyl (C=O) groups is 1. The average Bonchev–Trinajstić information content (AvgIpc) is 2.15. The van der Waals surface area contributed by atoms with Gasteiger partial charge in [0.15, 0.2) is 12.1 Å². The van der Waals surface area contributed by atoms with Crippen molar-refractivity contribution in [2.75, 3.05) is 0 Å². The molecule has 0 atom stereocenters. The van der Waals surface area contributed by atoms with Crippen molar-refractivity contribution in [3.05, 3.63) is 34.9 Å². The molecule has 1 radical (unpaired) electrons. The number of ketones is 1. The fourth-order valence-electron chi connectivity index (χ4n) is 0.945. The van der Waals surface area contributed by atoms with Crippen LogP contribution >= 0.6 is 11.6 Å². The number of Topliss-reactive ketones (excluding diaryl/α,β-unsaturated/α-hetero) is 1. The monoisotopic (exact) mass is 195 g/mol. The van der Waals surface area contributed by atoms with E-state index in [2.05, 4.69) is 0 Å². The predicted molar refractivity (Wildman–Crippen MR) is 50.7 cm³/mol. The fraction of sp³-hybridized carbons (Fsp3) is 0.200. The topological polar surface area (TPSA) is 34.1 Å². The second-order valence-corrected chi connectivity index (χ2v) is 3.01. The summed E-state index contributed by atoms with van der Waals surface area (Å²) < 4.78 is 0. The third-order valence-electron chi connectivity index (χ3n) is 1.62. The van der Waals surface area contributed by atoms with Crippen molar-refractivity contribution in [1.29, 1.82) is 0 Å². The molecule has 0 saturated heterocycles. The molecule has 13 heavy (non-hydrogen) atoms. The maximum absolute atomic E-state index is 11.3. The van der Waals surface area contributed by atoms with Crippen LogP contribution in [0.5, 0.6) is 0 Å². The molecular weight excluding hydrogens is 188 g/mol. The van der Waals surface area contributed by atoms with Gasteiger partial charge in [-0.1, -0.05) is 11.6 Å². The summed E-state index contributed by atoms with van der Waals surface area (Å²) >= 11 is 5.65. The van der Waals surface area contributed by atoms with Gasteiger partial charge in [0.1, 0.15) is 0 Å². The normalized spacial score (nSPS) is 9.62. The second-order valence-electron chi connectivity index (χ2n) is 2.57. The minimum Gasteiger partial charge on any atom is -0.294 e. The smallest absolute Gasteiger partial charge is 0.198 e. The van der Waals surface area contributed by atoms with Crippen LogP contribution in [0.25, 0.3) is 0 Å². The number of benzene rings is 1. The zero-order valence-corrected chi connectivity index (χ0v) is 7.67. The summed E-state index contributed by atoms with van der Waals surface area (Å²) in [6.45, 7) is 0. The molecule has 0 bridgehead atoms. The van der Waals surface area contributed by atoms with E-state index in [0.717, 1.165) is 0 Å². The van der Waals surface area contributed by atoms with Gasteiger partial charge in [0.25, 0.3) is 0 Å². The molecule has 0 aromatic heterocycles. The minimum atomic E-state index is -0.0555. The number of hydrogen-bond acceptors (Lipinski definition) is 2. The largest absolute Gasteiger partial charge is 0.294 e. The first-order chi connectivity index (χ1) is 6.24. The van der Waals surface area contributed by atoms with E-state index in [0.29, 0.717) is 10.6 Å². The van der Waals surface area contributed by atoms with E-state index in [-0.39, 0.29) is 18.6 Å². The summed E-state index contributed by atoms with van der Waals surface area (Å²) in [4.78, 5) is 21.2. The van der Waals surface area contributed by atoms with E-state index in [4.69, 9.17) is 11.6 Å². The highest BCUT2D eigenvalue weighted by Gasteiger charge is 2.04. The van der Waals surface area contributed by atoms with Gasteiger partial charge >= 0.3 is 0 Å². The Kier molecular flexibility index (Phi) is 3.65. The lowest BCUT2D eigenvalue weighted by atomic mass is 10.1. The number of hydrogen-bond donors (Lipinski definition) is 0. The van der Waals surface area contributed by atoms with Crippen LogP contribution in [0.2, 0.25) is 5.02 Å². The van der Waals surface area contributed by atoms with E-state index in [1.807, 2.05) is 0 Å². The molecule has 0 saturated carbocycles. The highest BCUT2D eigenvalue weighted by Crippen LogP contribution is 2.11. The van der Waals surface area contributed by atoms with Crippen molar-refractivity contribution in [1.82, 2.24) is 0 Å². The molecule has 0 aliphatic carbocycles. The fourth-order valence-corrected chi connectivity index (χ4v) is 1.07. The third-order valence-corrected chi connectivity index (χ3v) is 1.87. The summed E-state index contributed by atoms with van der Waals surface area (Å²) in [5.41, 5.74) is 0.583. The molecule has 0 heterocycles. The molecule has 0 unspecified atom stereocenters. The molecule has 0 N–H and O–H groups in total. The van der Waals surface area contributed by atoms with Crippen LogP contribution in [0.4, 0.5) is 0 Å². The molecule has 67 valence electrons. The van der Waals surface area contributed by atoms with Crippen LogP contribution in [0.1, 0.15) is 23.2 Å². The van der Waals surface area contributed by atoms with Crippen LogP contribution in [-0.4, -0.2) is 12.1 Å². The van der Waals surface area contributed by atoms with Crippen molar-refractivity contribution in [3.63, 3.8) is 0 Å². The van der Waals surface area contributed by atoms with Crippen LogP contribution in [0.3, 0.4) is 0 Å². The summed E-state index contributed by atoms with van der Waals surface area (Å²) in [6.07, 6.45) is 2.05. The lowest BCUT2D eigenvalue weighted by Crippen LogP contribution is -1.98. The Balaban J connectivity index is 2.66. The zero-order chi connectivity index (χ0) is 9.68. The maximum Gasteiger partial charge on any atom is 0.198 e. The van der Waals surface area contributed by atoms with Gasteiger partial charge in [-0.2, -0.15) is 0 Å².